The van der Waals surface area contributed by atoms with Gasteiger partial charge in [-0.1, -0.05) is 61.0 Å². The second-order valence-corrected chi connectivity index (χ2v) is 9.39. The molecule has 1 fully saturated rings. The third-order valence-electron chi connectivity index (χ3n) is 7.10. The van der Waals surface area contributed by atoms with E-state index in [2.05, 4.69) is 41.3 Å². The molecule has 0 aromatic heterocycles. The molecule has 4 nitrogen and oxygen atoms in total. The molecule has 1 amide bonds. The Morgan fingerprint density at radius 3 is 2.35 bits per heavy atom. The normalized spacial score (nSPS) is 18.4. The molecule has 0 spiro atoms. The Morgan fingerprint density at radius 1 is 0.824 bits per heavy atom. The number of nitrogens with zero attached hydrogens (tertiary/aromatic N) is 2. The highest BCUT2D eigenvalue weighted by molar-refractivity contribution is 5.95. The summed E-state index contributed by atoms with van der Waals surface area (Å²) >= 11 is 0. The van der Waals surface area contributed by atoms with E-state index in [9.17, 15) is 4.79 Å². The van der Waals surface area contributed by atoms with Crippen molar-refractivity contribution in [1.82, 2.24) is 9.80 Å². The summed E-state index contributed by atoms with van der Waals surface area (Å²) in [7, 11) is 0. The van der Waals surface area contributed by atoms with Gasteiger partial charge in [0.1, 0.15) is 5.75 Å². The van der Waals surface area contributed by atoms with Crippen molar-refractivity contribution >= 4 is 5.91 Å². The van der Waals surface area contributed by atoms with Crippen LogP contribution < -0.4 is 4.74 Å². The molecule has 1 saturated heterocycles. The van der Waals surface area contributed by atoms with Crippen molar-refractivity contribution in [3.63, 3.8) is 0 Å². The number of carbonyl (C=O) groups is 1. The summed E-state index contributed by atoms with van der Waals surface area (Å²) in [5.74, 6) is 0.902. The van der Waals surface area contributed by atoms with Crippen LogP contribution in [-0.4, -0.2) is 48.5 Å². The number of carbonyl (C=O) groups excluding carboxylic acids is 1. The van der Waals surface area contributed by atoms with Gasteiger partial charge in [-0.05, 0) is 79.7 Å². The maximum Gasteiger partial charge on any atom is 0.254 e. The summed E-state index contributed by atoms with van der Waals surface area (Å²) in [6, 6.07) is 26.5. The summed E-state index contributed by atoms with van der Waals surface area (Å²) in [5.41, 5.74) is 4.41. The van der Waals surface area contributed by atoms with Crippen molar-refractivity contribution < 1.29 is 9.53 Å². The first-order valence-corrected chi connectivity index (χ1v) is 12.7. The minimum absolute atomic E-state index is 0.0654. The number of rotatable bonds is 7. The zero-order valence-electron chi connectivity index (χ0n) is 19.9. The number of likely N-dealkylation sites (tertiary alicyclic amines) is 1. The Labute approximate surface area is 203 Å². The number of piperidine rings is 1. The predicted octanol–water partition coefficient (Wildman–Crippen LogP) is 5.73. The number of ether oxygens (including phenoxy) is 1. The van der Waals surface area contributed by atoms with E-state index in [1.807, 2.05) is 47.4 Å². The van der Waals surface area contributed by atoms with Crippen LogP contribution in [0.2, 0.25) is 0 Å². The van der Waals surface area contributed by atoms with Crippen LogP contribution in [0.5, 0.6) is 5.75 Å². The van der Waals surface area contributed by atoms with Crippen molar-refractivity contribution in [3.8, 4) is 5.75 Å². The molecule has 0 bridgehead atoms. The molecule has 176 valence electrons. The van der Waals surface area contributed by atoms with Crippen molar-refractivity contribution in [2.24, 2.45) is 0 Å². The maximum atomic E-state index is 13.6. The highest BCUT2D eigenvalue weighted by Crippen LogP contribution is 2.36. The van der Waals surface area contributed by atoms with E-state index in [0.717, 1.165) is 30.7 Å². The van der Waals surface area contributed by atoms with E-state index < -0.39 is 0 Å². The number of benzene rings is 3. The minimum atomic E-state index is -0.0654. The third kappa shape index (κ3) is 5.18. The Hall–Kier alpha value is -3.11. The Kier molecular flexibility index (Phi) is 7.25. The van der Waals surface area contributed by atoms with Crippen LogP contribution in [0.25, 0.3) is 0 Å². The molecule has 3 aromatic carbocycles. The van der Waals surface area contributed by atoms with E-state index in [1.54, 1.807) is 0 Å². The first kappa shape index (κ1) is 22.7. The van der Waals surface area contributed by atoms with Gasteiger partial charge in [-0.25, -0.2) is 0 Å². The number of hydrogen-bond donors (Lipinski definition) is 0. The fourth-order valence-electron chi connectivity index (χ4n) is 5.30. The second kappa shape index (κ2) is 10.9. The maximum absolute atomic E-state index is 13.6. The lowest BCUT2D eigenvalue weighted by molar-refractivity contribution is 0.0694. The molecule has 0 radical (unpaired) electrons. The summed E-state index contributed by atoms with van der Waals surface area (Å²) in [4.78, 5) is 18.2. The molecule has 34 heavy (non-hydrogen) atoms. The van der Waals surface area contributed by atoms with Gasteiger partial charge in [-0.3, -0.25) is 4.79 Å². The third-order valence-corrected chi connectivity index (χ3v) is 7.10. The summed E-state index contributed by atoms with van der Waals surface area (Å²) in [5, 5.41) is 0. The van der Waals surface area contributed by atoms with Gasteiger partial charge in [-0.2, -0.15) is 0 Å². The van der Waals surface area contributed by atoms with Crippen molar-refractivity contribution in [2.45, 2.75) is 38.1 Å². The van der Waals surface area contributed by atoms with Crippen LogP contribution in [0.1, 0.15) is 58.8 Å². The molecule has 4 heteroatoms. The molecular formula is C30H34N2O2. The lowest BCUT2D eigenvalue weighted by Gasteiger charge is -2.38. The topological polar surface area (TPSA) is 32.8 Å². The first-order valence-electron chi connectivity index (χ1n) is 12.7. The summed E-state index contributed by atoms with van der Waals surface area (Å²) < 4.78 is 5.96. The van der Waals surface area contributed by atoms with Gasteiger partial charge in [0.25, 0.3) is 5.91 Å². The molecule has 2 heterocycles. The van der Waals surface area contributed by atoms with E-state index in [1.165, 1.54) is 43.5 Å². The highest BCUT2D eigenvalue weighted by Gasteiger charge is 2.32. The van der Waals surface area contributed by atoms with Crippen LogP contribution in [0, 0.1) is 0 Å². The Bertz CT molecular complexity index is 1070. The van der Waals surface area contributed by atoms with Gasteiger partial charge in [0.05, 0.1) is 12.6 Å². The first-order chi connectivity index (χ1) is 16.8. The lowest BCUT2D eigenvalue weighted by Crippen LogP contribution is -2.40. The van der Waals surface area contributed by atoms with Crippen LogP contribution in [0.4, 0.5) is 0 Å². The van der Waals surface area contributed by atoms with Crippen LogP contribution >= 0.6 is 0 Å². The molecule has 2 aliphatic rings. The smallest absolute Gasteiger partial charge is 0.254 e. The Balaban J connectivity index is 1.25. The van der Waals surface area contributed by atoms with Crippen LogP contribution in [-0.2, 0) is 6.42 Å². The SMILES string of the molecule is O=C(c1ccc(OCCCN2CCCCC2)cc1)N1CCc2ccccc2[C@@H]1c1ccccc1. The van der Waals surface area contributed by atoms with Gasteiger partial charge >= 0.3 is 0 Å². The fourth-order valence-corrected chi connectivity index (χ4v) is 5.30. The monoisotopic (exact) mass is 454 g/mol. The minimum Gasteiger partial charge on any atom is -0.494 e. The average molecular weight is 455 g/mol. The zero-order valence-corrected chi connectivity index (χ0v) is 19.9. The highest BCUT2D eigenvalue weighted by atomic mass is 16.5. The van der Waals surface area contributed by atoms with Gasteiger partial charge in [0.15, 0.2) is 0 Å². The number of amides is 1. The summed E-state index contributed by atoms with van der Waals surface area (Å²) in [6.45, 7) is 4.98. The zero-order chi connectivity index (χ0) is 23.2. The average Bonchev–Trinajstić information content (AvgIpc) is 2.91. The van der Waals surface area contributed by atoms with Gasteiger partial charge in [0, 0.05) is 18.7 Å². The lowest BCUT2D eigenvalue weighted by atomic mass is 9.88. The van der Waals surface area contributed by atoms with Gasteiger partial charge in [-0.15, -0.1) is 0 Å². The molecule has 0 N–H and O–H groups in total. The molecule has 0 saturated carbocycles. The van der Waals surface area contributed by atoms with E-state index in [4.69, 9.17) is 4.74 Å². The molecule has 1 atom stereocenters. The van der Waals surface area contributed by atoms with Crippen molar-refractivity contribution in [2.75, 3.05) is 32.8 Å². The van der Waals surface area contributed by atoms with Crippen molar-refractivity contribution in [3.05, 3.63) is 101 Å². The molecule has 0 unspecified atom stereocenters. The molecular weight excluding hydrogens is 420 g/mol. The van der Waals surface area contributed by atoms with Crippen LogP contribution in [0.3, 0.4) is 0 Å². The second-order valence-electron chi connectivity index (χ2n) is 9.39. The van der Waals surface area contributed by atoms with E-state index in [0.29, 0.717) is 18.7 Å². The van der Waals surface area contributed by atoms with Crippen LogP contribution in [0.15, 0.2) is 78.9 Å². The van der Waals surface area contributed by atoms with Gasteiger partial charge < -0.3 is 14.5 Å². The molecule has 2 aliphatic heterocycles. The standard InChI is InChI=1S/C30H34N2O2/c33-30(26-14-16-27(17-15-26)34-23-9-21-31-19-7-2-8-20-31)32-22-18-24-10-5-6-13-28(24)29(32)25-11-3-1-4-12-25/h1,3-6,10-17,29H,2,7-9,18-23H2/t29-/m0/s1. The largest absolute Gasteiger partial charge is 0.494 e. The summed E-state index contributed by atoms with van der Waals surface area (Å²) in [6.07, 6.45) is 5.93. The Morgan fingerprint density at radius 2 is 1.56 bits per heavy atom. The van der Waals surface area contributed by atoms with E-state index in [-0.39, 0.29) is 11.9 Å². The van der Waals surface area contributed by atoms with Gasteiger partial charge in [0.2, 0.25) is 0 Å². The fraction of sp³-hybridized carbons (Fsp3) is 0.367. The quantitative estimate of drug-likeness (QED) is 0.428. The molecule has 5 rings (SSSR count). The number of fused-ring (bicyclic) bond motifs is 1. The molecule has 0 aliphatic carbocycles. The predicted molar refractivity (Wildman–Crippen MR) is 136 cm³/mol. The van der Waals surface area contributed by atoms with Crippen molar-refractivity contribution in [1.29, 1.82) is 0 Å². The van der Waals surface area contributed by atoms with E-state index >= 15 is 0 Å². The number of hydrogen-bond acceptors (Lipinski definition) is 3. The molecule has 3 aromatic rings.